The highest BCUT2D eigenvalue weighted by Gasteiger charge is 2.54. The van der Waals surface area contributed by atoms with Crippen LogP contribution in [0.5, 0.6) is 0 Å². The Bertz CT molecular complexity index is 1130. The number of benzene rings is 1. The van der Waals surface area contributed by atoms with Gasteiger partial charge in [0, 0.05) is 42.2 Å². The summed E-state index contributed by atoms with van der Waals surface area (Å²) in [5.41, 5.74) is 3.75. The van der Waals surface area contributed by atoms with Crippen molar-refractivity contribution in [2.45, 2.75) is 38.8 Å². The Hall–Kier alpha value is -2.51. The van der Waals surface area contributed by atoms with E-state index in [1.807, 2.05) is 19.2 Å². The van der Waals surface area contributed by atoms with Crippen LogP contribution in [0.15, 0.2) is 30.6 Å². The molecule has 0 radical (unpaired) electrons. The average molecular weight is 422 g/mol. The summed E-state index contributed by atoms with van der Waals surface area (Å²) in [6.45, 7) is 5.75. The predicted octanol–water partition coefficient (Wildman–Crippen LogP) is 3.35. The van der Waals surface area contributed by atoms with E-state index in [0.717, 1.165) is 67.2 Å². The lowest BCUT2D eigenvalue weighted by Crippen LogP contribution is -2.62. The molecule has 154 valence electrons. The van der Waals surface area contributed by atoms with Gasteiger partial charge >= 0.3 is 0 Å². The molecule has 1 saturated heterocycles. The van der Waals surface area contributed by atoms with Crippen molar-refractivity contribution in [3.05, 3.63) is 58.5 Å². The van der Waals surface area contributed by atoms with Gasteiger partial charge in [-0.1, -0.05) is 11.6 Å². The maximum absolute atomic E-state index is 6.28. The fourth-order valence-corrected chi connectivity index (χ4v) is 5.60. The number of rotatable bonds is 2. The lowest BCUT2D eigenvalue weighted by atomic mass is 9.57. The summed E-state index contributed by atoms with van der Waals surface area (Å²) in [4.78, 5) is 13.5. The quantitative estimate of drug-likeness (QED) is 0.632. The molecule has 1 spiro atoms. The molecule has 0 atom stereocenters. The molecular weight excluding hydrogens is 398 g/mol. The van der Waals surface area contributed by atoms with Gasteiger partial charge in [0.1, 0.15) is 11.6 Å². The van der Waals surface area contributed by atoms with Crippen LogP contribution in [-0.4, -0.2) is 49.8 Å². The van der Waals surface area contributed by atoms with Gasteiger partial charge in [0.05, 0.1) is 24.1 Å². The van der Waals surface area contributed by atoms with E-state index in [0.29, 0.717) is 11.3 Å². The standard InChI is InChI=1S/C22H24ClN7/c1-14-8-24-9-19(25-14)29-12-22(13-29)6-16(7-22)21-27-26-20-11-28(2)10-15-5-17(23)3-4-18(15)30(20)21/h3-5,8-9,16H,6-7,10-13H2,1-2H3. The molecule has 0 bridgehead atoms. The number of nitrogens with zero attached hydrogens (tertiary/aromatic N) is 7. The second kappa shape index (κ2) is 6.49. The van der Waals surface area contributed by atoms with E-state index in [2.05, 4.69) is 53.7 Å². The average Bonchev–Trinajstić information content (AvgIpc) is 2.96. The first-order valence-corrected chi connectivity index (χ1v) is 10.8. The molecule has 1 saturated carbocycles. The van der Waals surface area contributed by atoms with Crippen molar-refractivity contribution in [2.75, 3.05) is 25.0 Å². The van der Waals surface area contributed by atoms with E-state index in [9.17, 15) is 0 Å². The molecule has 4 heterocycles. The molecule has 8 heteroatoms. The number of anilines is 1. The van der Waals surface area contributed by atoms with Crippen LogP contribution in [0.4, 0.5) is 5.82 Å². The molecule has 30 heavy (non-hydrogen) atoms. The Labute approximate surface area is 180 Å². The number of halogens is 1. The predicted molar refractivity (Wildman–Crippen MR) is 115 cm³/mol. The maximum Gasteiger partial charge on any atom is 0.151 e. The van der Waals surface area contributed by atoms with Gasteiger partial charge in [0.2, 0.25) is 0 Å². The Morgan fingerprint density at radius 1 is 1.10 bits per heavy atom. The first kappa shape index (κ1) is 18.3. The molecule has 0 amide bonds. The molecule has 1 aliphatic carbocycles. The lowest BCUT2D eigenvalue weighted by molar-refractivity contribution is 0.0581. The summed E-state index contributed by atoms with van der Waals surface area (Å²) in [7, 11) is 2.12. The van der Waals surface area contributed by atoms with Crippen molar-refractivity contribution in [3.63, 3.8) is 0 Å². The summed E-state index contributed by atoms with van der Waals surface area (Å²) in [5.74, 6) is 3.56. The van der Waals surface area contributed by atoms with Crippen LogP contribution in [-0.2, 0) is 13.1 Å². The van der Waals surface area contributed by atoms with E-state index < -0.39 is 0 Å². The third-order valence-corrected chi connectivity index (χ3v) is 6.97. The van der Waals surface area contributed by atoms with E-state index >= 15 is 0 Å². The molecule has 7 nitrogen and oxygen atoms in total. The van der Waals surface area contributed by atoms with Crippen LogP contribution >= 0.6 is 11.6 Å². The number of hydrogen-bond donors (Lipinski definition) is 0. The SMILES string of the molecule is Cc1cncc(N2CC3(CC(c4nnc5n4-c4ccc(Cl)cc4CN(C)C5)C3)C2)n1. The third kappa shape index (κ3) is 2.83. The van der Waals surface area contributed by atoms with Crippen molar-refractivity contribution >= 4 is 17.4 Å². The highest BCUT2D eigenvalue weighted by Crippen LogP contribution is 2.56. The number of fused-ring (bicyclic) bond motifs is 3. The van der Waals surface area contributed by atoms with E-state index in [1.165, 1.54) is 11.3 Å². The number of aryl methyl sites for hydroxylation is 1. The van der Waals surface area contributed by atoms with Crippen LogP contribution in [0.3, 0.4) is 0 Å². The van der Waals surface area contributed by atoms with Gasteiger partial charge in [0.25, 0.3) is 0 Å². The van der Waals surface area contributed by atoms with Gasteiger partial charge in [-0.25, -0.2) is 4.98 Å². The largest absolute Gasteiger partial charge is 0.354 e. The fraction of sp³-hybridized carbons (Fsp3) is 0.455. The molecule has 3 aliphatic rings. The highest BCUT2D eigenvalue weighted by atomic mass is 35.5. The van der Waals surface area contributed by atoms with Gasteiger partial charge in [-0.3, -0.25) is 14.5 Å². The van der Waals surface area contributed by atoms with Crippen molar-refractivity contribution in [2.24, 2.45) is 5.41 Å². The first-order chi connectivity index (χ1) is 14.5. The Kier molecular flexibility index (Phi) is 3.95. The summed E-state index contributed by atoms with van der Waals surface area (Å²) in [5, 5.41) is 9.99. The third-order valence-electron chi connectivity index (χ3n) is 6.73. The van der Waals surface area contributed by atoms with Gasteiger partial charge in [-0.05, 0) is 50.6 Å². The summed E-state index contributed by atoms with van der Waals surface area (Å²) >= 11 is 6.28. The monoisotopic (exact) mass is 421 g/mol. The molecule has 0 N–H and O–H groups in total. The smallest absolute Gasteiger partial charge is 0.151 e. The second-order valence-corrected chi connectivity index (χ2v) is 9.67. The molecule has 1 aromatic carbocycles. The minimum Gasteiger partial charge on any atom is -0.354 e. The van der Waals surface area contributed by atoms with Gasteiger partial charge in [0.15, 0.2) is 5.82 Å². The molecule has 6 rings (SSSR count). The van der Waals surface area contributed by atoms with E-state index in [-0.39, 0.29) is 0 Å². The summed E-state index contributed by atoms with van der Waals surface area (Å²) < 4.78 is 2.29. The molecule has 2 fully saturated rings. The molecular formula is C22H24ClN7. The maximum atomic E-state index is 6.28. The zero-order chi connectivity index (χ0) is 20.5. The van der Waals surface area contributed by atoms with E-state index in [4.69, 9.17) is 11.6 Å². The Morgan fingerprint density at radius 2 is 1.93 bits per heavy atom. The van der Waals surface area contributed by atoms with Crippen LogP contribution in [0.25, 0.3) is 5.69 Å². The zero-order valence-corrected chi connectivity index (χ0v) is 18.0. The van der Waals surface area contributed by atoms with E-state index in [1.54, 1.807) is 6.20 Å². The normalized spacial score (nSPS) is 20.3. The summed E-state index contributed by atoms with van der Waals surface area (Å²) in [6.07, 6.45) is 5.98. The van der Waals surface area contributed by atoms with Crippen molar-refractivity contribution < 1.29 is 0 Å². The van der Waals surface area contributed by atoms with Gasteiger partial charge < -0.3 is 4.90 Å². The Balaban J connectivity index is 1.24. The molecule has 3 aromatic rings. The first-order valence-electron chi connectivity index (χ1n) is 10.4. The van der Waals surface area contributed by atoms with Crippen LogP contribution in [0.2, 0.25) is 5.02 Å². The highest BCUT2D eigenvalue weighted by molar-refractivity contribution is 6.30. The molecule has 0 unspecified atom stereocenters. The van der Waals surface area contributed by atoms with Crippen LogP contribution < -0.4 is 4.90 Å². The molecule has 2 aromatic heterocycles. The second-order valence-electron chi connectivity index (χ2n) is 9.24. The number of aromatic nitrogens is 5. The van der Waals surface area contributed by atoms with Crippen molar-refractivity contribution in [1.29, 1.82) is 0 Å². The van der Waals surface area contributed by atoms with Crippen molar-refractivity contribution in [1.82, 2.24) is 29.6 Å². The number of hydrogen-bond acceptors (Lipinski definition) is 6. The fourth-order valence-electron chi connectivity index (χ4n) is 5.40. The Morgan fingerprint density at radius 3 is 2.73 bits per heavy atom. The van der Waals surface area contributed by atoms with Crippen LogP contribution in [0, 0.1) is 12.3 Å². The van der Waals surface area contributed by atoms with Gasteiger partial charge in [-0.15, -0.1) is 10.2 Å². The minimum absolute atomic E-state index is 0.382. The van der Waals surface area contributed by atoms with Crippen molar-refractivity contribution in [3.8, 4) is 5.69 Å². The zero-order valence-electron chi connectivity index (χ0n) is 17.2. The van der Waals surface area contributed by atoms with Crippen LogP contribution in [0.1, 0.15) is 41.7 Å². The van der Waals surface area contributed by atoms with Gasteiger partial charge in [-0.2, -0.15) is 0 Å². The minimum atomic E-state index is 0.382. The lowest BCUT2D eigenvalue weighted by Gasteiger charge is -2.59. The summed E-state index contributed by atoms with van der Waals surface area (Å²) in [6, 6.07) is 6.15. The molecule has 2 aliphatic heterocycles. The topological polar surface area (TPSA) is 63.0 Å².